The van der Waals surface area contributed by atoms with Gasteiger partial charge in [0.2, 0.25) is 11.8 Å². The van der Waals surface area contributed by atoms with Gasteiger partial charge in [-0.05, 0) is 13.3 Å². The second-order valence-electron chi connectivity index (χ2n) is 7.18. The van der Waals surface area contributed by atoms with Crippen molar-refractivity contribution in [2.24, 2.45) is 5.73 Å². The van der Waals surface area contributed by atoms with Gasteiger partial charge < -0.3 is 16.2 Å². The molecule has 2 amide bonds. The molecular weight excluding hydrogens is 316 g/mol. The van der Waals surface area contributed by atoms with Crippen molar-refractivity contribution in [1.29, 1.82) is 0 Å². The Morgan fingerprint density at radius 3 is 1.60 bits per heavy atom. The SMILES string of the molecule is CCCCCCCCCCCCCCCC(=O)N[C@H](C(N)=O)[C@@H](C)O. The van der Waals surface area contributed by atoms with Gasteiger partial charge in [0, 0.05) is 6.42 Å². The van der Waals surface area contributed by atoms with Crippen molar-refractivity contribution in [3.05, 3.63) is 0 Å². The standard InChI is InChI=1S/C20H40N2O3/c1-3-4-5-6-7-8-9-10-11-12-13-14-15-16-18(24)22-19(17(2)23)20(21)25/h17,19,23H,3-16H2,1-2H3,(H2,21,25)(H,22,24)/t17-,19+/m1/s1. The number of unbranched alkanes of at least 4 members (excludes halogenated alkanes) is 12. The highest BCUT2D eigenvalue weighted by Gasteiger charge is 2.22. The quantitative estimate of drug-likeness (QED) is 0.346. The fourth-order valence-corrected chi connectivity index (χ4v) is 2.98. The number of rotatable bonds is 17. The molecule has 4 N–H and O–H groups in total. The summed E-state index contributed by atoms with van der Waals surface area (Å²) in [7, 11) is 0. The molecule has 0 radical (unpaired) electrons. The third-order valence-electron chi connectivity index (χ3n) is 4.61. The molecule has 0 aromatic heterocycles. The zero-order valence-electron chi connectivity index (χ0n) is 16.4. The van der Waals surface area contributed by atoms with Crippen molar-refractivity contribution in [3.63, 3.8) is 0 Å². The Kier molecular flexibility index (Phi) is 15.7. The van der Waals surface area contributed by atoms with E-state index in [-0.39, 0.29) is 5.91 Å². The predicted molar refractivity (Wildman–Crippen MR) is 103 cm³/mol. The Labute approximate surface area is 154 Å². The summed E-state index contributed by atoms with van der Waals surface area (Å²) in [4.78, 5) is 22.8. The molecule has 0 saturated heterocycles. The monoisotopic (exact) mass is 356 g/mol. The second-order valence-corrected chi connectivity index (χ2v) is 7.18. The maximum atomic E-state index is 11.7. The Hall–Kier alpha value is -1.10. The summed E-state index contributed by atoms with van der Waals surface area (Å²) < 4.78 is 0. The number of aliphatic hydroxyl groups is 1. The lowest BCUT2D eigenvalue weighted by atomic mass is 10.0. The van der Waals surface area contributed by atoms with Crippen LogP contribution in [0.15, 0.2) is 0 Å². The van der Waals surface area contributed by atoms with Crippen molar-refractivity contribution < 1.29 is 14.7 Å². The molecule has 0 saturated carbocycles. The van der Waals surface area contributed by atoms with E-state index in [9.17, 15) is 14.7 Å². The fraction of sp³-hybridized carbons (Fsp3) is 0.900. The van der Waals surface area contributed by atoms with Gasteiger partial charge in [-0.1, -0.05) is 84.0 Å². The van der Waals surface area contributed by atoms with E-state index in [0.717, 1.165) is 19.3 Å². The number of nitrogens with two attached hydrogens (primary N) is 1. The molecule has 25 heavy (non-hydrogen) atoms. The van der Waals surface area contributed by atoms with Crippen LogP contribution in [0.5, 0.6) is 0 Å². The Morgan fingerprint density at radius 1 is 0.840 bits per heavy atom. The minimum Gasteiger partial charge on any atom is -0.391 e. The number of nitrogens with one attached hydrogen (secondary N) is 1. The molecular formula is C20H40N2O3. The summed E-state index contributed by atoms with van der Waals surface area (Å²) in [6, 6.07) is -0.991. The molecule has 0 aromatic carbocycles. The minimum atomic E-state index is -0.991. The van der Waals surface area contributed by atoms with Gasteiger partial charge >= 0.3 is 0 Å². The lowest BCUT2D eigenvalue weighted by Gasteiger charge is -2.17. The van der Waals surface area contributed by atoms with Crippen LogP contribution < -0.4 is 11.1 Å². The molecule has 0 spiro atoms. The van der Waals surface area contributed by atoms with E-state index in [1.54, 1.807) is 0 Å². The average molecular weight is 357 g/mol. The summed E-state index contributed by atoms with van der Waals surface area (Å²) in [6.07, 6.45) is 15.8. The van der Waals surface area contributed by atoms with Gasteiger partial charge in [0.1, 0.15) is 6.04 Å². The van der Waals surface area contributed by atoms with Crippen LogP contribution in [0.25, 0.3) is 0 Å². The molecule has 0 bridgehead atoms. The highest BCUT2D eigenvalue weighted by atomic mass is 16.3. The molecule has 0 fully saturated rings. The molecule has 0 aliphatic carbocycles. The fourth-order valence-electron chi connectivity index (χ4n) is 2.98. The first-order valence-electron chi connectivity index (χ1n) is 10.3. The van der Waals surface area contributed by atoms with E-state index in [2.05, 4.69) is 12.2 Å². The zero-order chi connectivity index (χ0) is 18.9. The van der Waals surface area contributed by atoms with E-state index in [0.29, 0.717) is 6.42 Å². The van der Waals surface area contributed by atoms with Crippen molar-refractivity contribution >= 4 is 11.8 Å². The zero-order valence-corrected chi connectivity index (χ0v) is 16.4. The number of carbonyl (C=O) groups is 2. The smallest absolute Gasteiger partial charge is 0.242 e. The van der Waals surface area contributed by atoms with Crippen molar-refractivity contribution in [2.45, 2.75) is 116 Å². The van der Waals surface area contributed by atoms with Gasteiger partial charge in [0.15, 0.2) is 0 Å². The summed E-state index contributed by atoms with van der Waals surface area (Å²) >= 11 is 0. The van der Waals surface area contributed by atoms with E-state index >= 15 is 0 Å². The summed E-state index contributed by atoms with van der Waals surface area (Å²) in [5.74, 6) is -0.915. The average Bonchev–Trinajstić information content (AvgIpc) is 2.56. The summed E-state index contributed by atoms with van der Waals surface area (Å²) in [5, 5.41) is 11.9. The number of hydrogen-bond donors (Lipinski definition) is 3. The van der Waals surface area contributed by atoms with Crippen LogP contribution in [0.1, 0.15) is 104 Å². The third-order valence-corrected chi connectivity index (χ3v) is 4.61. The topological polar surface area (TPSA) is 92.4 Å². The van der Waals surface area contributed by atoms with Gasteiger partial charge in [-0.25, -0.2) is 0 Å². The van der Waals surface area contributed by atoms with Crippen LogP contribution in [0.3, 0.4) is 0 Å². The van der Waals surface area contributed by atoms with Gasteiger partial charge in [-0.3, -0.25) is 9.59 Å². The Morgan fingerprint density at radius 2 is 1.24 bits per heavy atom. The number of aliphatic hydroxyl groups excluding tert-OH is 1. The minimum absolute atomic E-state index is 0.215. The maximum Gasteiger partial charge on any atom is 0.242 e. The van der Waals surface area contributed by atoms with Gasteiger partial charge in [-0.15, -0.1) is 0 Å². The molecule has 5 heteroatoms. The molecule has 5 nitrogen and oxygen atoms in total. The van der Waals surface area contributed by atoms with E-state index in [4.69, 9.17) is 5.73 Å². The molecule has 0 heterocycles. The summed E-state index contributed by atoms with van der Waals surface area (Å²) in [6.45, 7) is 3.70. The number of primary amides is 1. The van der Waals surface area contributed by atoms with Crippen LogP contribution in [-0.4, -0.2) is 29.1 Å². The first-order valence-corrected chi connectivity index (χ1v) is 10.3. The van der Waals surface area contributed by atoms with Crippen LogP contribution in [0.4, 0.5) is 0 Å². The van der Waals surface area contributed by atoms with Crippen LogP contribution in [0, 0.1) is 0 Å². The molecule has 0 unspecified atom stereocenters. The van der Waals surface area contributed by atoms with E-state index < -0.39 is 18.1 Å². The van der Waals surface area contributed by atoms with E-state index in [1.807, 2.05) is 0 Å². The lowest BCUT2D eigenvalue weighted by molar-refractivity contribution is -0.129. The number of hydrogen-bond acceptors (Lipinski definition) is 3. The highest BCUT2D eigenvalue weighted by molar-refractivity contribution is 5.86. The van der Waals surface area contributed by atoms with Crippen LogP contribution in [-0.2, 0) is 9.59 Å². The lowest BCUT2D eigenvalue weighted by Crippen LogP contribution is -2.50. The largest absolute Gasteiger partial charge is 0.391 e. The van der Waals surface area contributed by atoms with Gasteiger partial charge in [0.05, 0.1) is 6.10 Å². The van der Waals surface area contributed by atoms with Gasteiger partial charge in [0.25, 0.3) is 0 Å². The highest BCUT2D eigenvalue weighted by Crippen LogP contribution is 2.13. The molecule has 0 aliphatic rings. The molecule has 0 rings (SSSR count). The molecule has 2 atom stereocenters. The van der Waals surface area contributed by atoms with E-state index in [1.165, 1.54) is 71.1 Å². The predicted octanol–water partition coefficient (Wildman–Crippen LogP) is 3.82. The first kappa shape index (κ1) is 23.9. The Balaban J connectivity index is 3.40. The van der Waals surface area contributed by atoms with Gasteiger partial charge in [-0.2, -0.15) is 0 Å². The van der Waals surface area contributed by atoms with Crippen LogP contribution in [0.2, 0.25) is 0 Å². The van der Waals surface area contributed by atoms with Crippen molar-refractivity contribution in [1.82, 2.24) is 5.32 Å². The second kappa shape index (κ2) is 16.4. The normalized spacial score (nSPS) is 13.4. The maximum absolute atomic E-state index is 11.7. The molecule has 0 aliphatic heterocycles. The number of amides is 2. The first-order chi connectivity index (χ1) is 12.0. The van der Waals surface area contributed by atoms with Crippen molar-refractivity contribution in [2.75, 3.05) is 0 Å². The third kappa shape index (κ3) is 14.9. The molecule has 148 valence electrons. The number of carbonyl (C=O) groups excluding carboxylic acids is 2. The van der Waals surface area contributed by atoms with Crippen molar-refractivity contribution in [3.8, 4) is 0 Å². The summed E-state index contributed by atoms with van der Waals surface area (Å²) in [5.41, 5.74) is 5.15. The van der Waals surface area contributed by atoms with Crippen LogP contribution >= 0.6 is 0 Å². The molecule has 0 aromatic rings. The Bertz CT molecular complexity index is 346.